The second-order valence-corrected chi connectivity index (χ2v) is 7.58. The Morgan fingerprint density at radius 1 is 0.875 bits per heavy atom. The summed E-state index contributed by atoms with van der Waals surface area (Å²) in [6.07, 6.45) is 1.74. The van der Waals surface area contributed by atoms with E-state index in [9.17, 15) is 4.79 Å². The lowest BCUT2D eigenvalue weighted by Crippen LogP contribution is -2.23. The maximum Gasteiger partial charge on any atom is 0.291 e. The van der Waals surface area contributed by atoms with Crippen LogP contribution in [0.4, 0.5) is 0 Å². The third kappa shape index (κ3) is 3.69. The van der Waals surface area contributed by atoms with E-state index in [1.807, 2.05) is 0 Å². The van der Waals surface area contributed by atoms with Crippen LogP contribution in [0.5, 0.6) is 28.7 Å². The molecule has 10 heteroatoms. The number of fused-ring (bicyclic) bond motifs is 1. The van der Waals surface area contributed by atoms with E-state index < -0.39 is 0 Å². The van der Waals surface area contributed by atoms with Gasteiger partial charge >= 0.3 is 0 Å². The van der Waals surface area contributed by atoms with E-state index >= 15 is 0 Å². The molecule has 2 aromatic heterocycles. The molecule has 0 fully saturated rings. The van der Waals surface area contributed by atoms with E-state index in [1.165, 1.54) is 37.2 Å². The zero-order valence-corrected chi connectivity index (χ0v) is 19.0. The topological polar surface area (TPSA) is 93.4 Å². The van der Waals surface area contributed by atoms with Gasteiger partial charge < -0.3 is 23.7 Å². The number of ether oxygens (including phenoxy) is 5. The number of benzene rings is 2. The molecule has 0 saturated heterocycles. The summed E-state index contributed by atoms with van der Waals surface area (Å²) in [5, 5.41) is 4.40. The first-order chi connectivity index (χ1) is 15.5. The first kappa shape index (κ1) is 21.4. The van der Waals surface area contributed by atoms with Gasteiger partial charge in [-0.1, -0.05) is 11.3 Å². The SMILES string of the molecule is COc1ccc(OC)c(C=c2sc3nc(-c4cc(OC)c(OC)c(OC)c4)nn3c2=O)c1. The van der Waals surface area contributed by atoms with Gasteiger partial charge in [-0.05, 0) is 36.4 Å². The Hall–Kier alpha value is -3.79. The Morgan fingerprint density at radius 2 is 1.56 bits per heavy atom. The predicted octanol–water partition coefficient (Wildman–Crippen LogP) is 2.41. The van der Waals surface area contributed by atoms with Crippen molar-refractivity contribution in [1.29, 1.82) is 0 Å². The van der Waals surface area contributed by atoms with E-state index in [-0.39, 0.29) is 5.56 Å². The van der Waals surface area contributed by atoms with Crippen molar-refractivity contribution in [2.75, 3.05) is 35.5 Å². The number of aromatic nitrogens is 3. The Kier molecular flexibility index (Phi) is 5.87. The number of hydrogen-bond acceptors (Lipinski definition) is 9. The summed E-state index contributed by atoms with van der Waals surface area (Å²) in [5.74, 6) is 3.07. The molecule has 0 saturated carbocycles. The molecule has 166 valence electrons. The average molecular weight is 455 g/mol. The molecule has 32 heavy (non-hydrogen) atoms. The second kappa shape index (κ2) is 8.75. The molecule has 0 atom stereocenters. The molecule has 2 heterocycles. The van der Waals surface area contributed by atoms with Crippen LogP contribution >= 0.6 is 11.3 Å². The van der Waals surface area contributed by atoms with E-state index in [1.54, 1.807) is 50.6 Å². The number of thiazole rings is 1. The second-order valence-electron chi connectivity index (χ2n) is 6.57. The fraction of sp³-hybridized carbons (Fsp3) is 0.227. The van der Waals surface area contributed by atoms with Gasteiger partial charge in [-0.2, -0.15) is 9.50 Å². The highest BCUT2D eigenvalue weighted by atomic mass is 32.1. The molecule has 0 unspecified atom stereocenters. The van der Waals surface area contributed by atoms with E-state index in [2.05, 4.69) is 10.1 Å². The van der Waals surface area contributed by atoms with Crippen LogP contribution in [0.2, 0.25) is 0 Å². The number of nitrogens with zero attached hydrogens (tertiary/aromatic N) is 3. The van der Waals surface area contributed by atoms with Gasteiger partial charge in [0.1, 0.15) is 11.5 Å². The van der Waals surface area contributed by atoms with E-state index in [0.717, 1.165) is 5.56 Å². The molecule has 0 aliphatic rings. The van der Waals surface area contributed by atoms with E-state index in [4.69, 9.17) is 23.7 Å². The smallest absolute Gasteiger partial charge is 0.291 e. The third-order valence-electron chi connectivity index (χ3n) is 4.83. The molecule has 4 rings (SSSR count). The van der Waals surface area contributed by atoms with Crippen molar-refractivity contribution in [2.24, 2.45) is 0 Å². The van der Waals surface area contributed by atoms with Gasteiger partial charge in [-0.3, -0.25) is 4.79 Å². The Bertz CT molecular complexity index is 1370. The van der Waals surface area contributed by atoms with Crippen LogP contribution in [0.15, 0.2) is 35.1 Å². The van der Waals surface area contributed by atoms with Gasteiger partial charge in [0.05, 0.1) is 40.1 Å². The number of hydrogen-bond donors (Lipinski definition) is 0. The van der Waals surface area contributed by atoms with Crippen LogP contribution in [0, 0.1) is 0 Å². The standard InChI is InChI=1S/C22H21N3O6S/c1-27-14-6-7-15(28-2)12(8-14)11-18-21(26)25-22(32-18)23-20(24-25)13-9-16(29-3)19(31-5)17(10-13)30-4/h6-11H,1-5H3. The minimum absolute atomic E-state index is 0.277. The molecule has 0 spiro atoms. The fourth-order valence-electron chi connectivity index (χ4n) is 3.26. The monoisotopic (exact) mass is 455 g/mol. The van der Waals surface area contributed by atoms with Crippen molar-refractivity contribution in [3.63, 3.8) is 0 Å². The number of rotatable bonds is 7. The normalized spacial score (nSPS) is 11.6. The highest BCUT2D eigenvalue weighted by Crippen LogP contribution is 2.40. The van der Waals surface area contributed by atoms with Gasteiger partial charge in [0.25, 0.3) is 5.56 Å². The summed E-state index contributed by atoms with van der Waals surface area (Å²) in [6.45, 7) is 0. The van der Waals surface area contributed by atoms with Gasteiger partial charge in [0, 0.05) is 11.1 Å². The van der Waals surface area contributed by atoms with Gasteiger partial charge in [-0.15, -0.1) is 5.10 Å². The van der Waals surface area contributed by atoms with Crippen molar-refractivity contribution in [1.82, 2.24) is 14.6 Å². The van der Waals surface area contributed by atoms with Crippen molar-refractivity contribution in [3.8, 4) is 40.1 Å². The first-order valence-electron chi connectivity index (χ1n) is 9.46. The van der Waals surface area contributed by atoms with Crippen LogP contribution in [-0.2, 0) is 0 Å². The summed E-state index contributed by atoms with van der Waals surface area (Å²) in [7, 11) is 7.75. The van der Waals surface area contributed by atoms with E-state index in [0.29, 0.717) is 49.6 Å². The lowest BCUT2D eigenvalue weighted by molar-refractivity contribution is 0.324. The van der Waals surface area contributed by atoms with Gasteiger partial charge in [0.15, 0.2) is 17.3 Å². The lowest BCUT2D eigenvalue weighted by Gasteiger charge is -2.12. The molecule has 0 amide bonds. The molecular formula is C22H21N3O6S. The van der Waals surface area contributed by atoms with Crippen LogP contribution in [0.1, 0.15) is 5.56 Å². The molecule has 0 radical (unpaired) electrons. The highest BCUT2D eigenvalue weighted by Gasteiger charge is 2.18. The van der Waals surface area contributed by atoms with Crippen LogP contribution in [0.3, 0.4) is 0 Å². The molecule has 9 nitrogen and oxygen atoms in total. The average Bonchev–Trinajstić information content (AvgIpc) is 3.37. The van der Waals surface area contributed by atoms with Crippen molar-refractivity contribution in [2.45, 2.75) is 0 Å². The zero-order valence-electron chi connectivity index (χ0n) is 18.2. The number of methoxy groups -OCH3 is 5. The third-order valence-corrected chi connectivity index (χ3v) is 5.79. The summed E-state index contributed by atoms with van der Waals surface area (Å²) < 4.78 is 28.6. The quantitative estimate of drug-likeness (QED) is 0.420. The maximum atomic E-state index is 13.0. The van der Waals surface area contributed by atoms with Gasteiger partial charge in [-0.25, -0.2) is 0 Å². The minimum Gasteiger partial charge on any atom is -0.497 e. The molecule has 0 N–H and O–H groups in total. The molecule has 2 aromatic carbocycles. The summed E-state index contributed by atoms with van der Waals surface area (Å²) in [5.41, 5.74) is 1.08. The van der Waals surface area contributed by atoms with Crippen molar-refractivity contribution in [3.05, 3.63) is 50.8 Å². The Morgan fingerprint density at radius 3 is 2.12 bits per heavy atom. The zero-order chi connectivity index (χ0) is 22.8. The lowest BCUT2D eigenvalue weighted by atomic mass is 10.1. The first-order valence-corrected chi connectivity index (χ1v) is 10.3. The fourth-order valence-corrected chi connectivity index (χ4v) is 4.16. The van der Waals surface area contributed by atoms with Crippen LogP contribution in [-0.4, -0.2) is 50.1 Å². The van der Waals surface area contributed by atoms with Crippen LogP contribution in [0.25, 0.3) is 22.4 Å². The summed E-state index contributed by atoms with van der Waals surface area (Å²) in [4.78, 5) is 18.0. The highest BCUT2D eigenvalue weighted by molar-refractivity contribution is 7.15. The van der Waals surface area contributed by atoms with Crippen LogP contribution < -0.4 is 33.8 Å². The summed E-state index contributed by atoms with van der Waals surface area (Å²) >= 11 is 1.23. The molecule has 0 bridgehead atoms. The van der Waals surface area contributed by atoms with Crippen molar-refractivity contribution >= 4 is 22.4 Å². The molecule has 0 aliphatic heterocycles. The Balaban J connectivity index is 1.82. The molecular weight excluding hydrogens is 434 g/mol. The molecule has 4 aromatic rings. The maximum absolute atomic E-state index is 13.0. The summed E-state index contributed by atoms with van der Waals surface area (Å²) in [6, 6.07) is 8.85. The minimum atomic E-state index is -0.277. The predicted molar refractivity (Wildman–Crippen MR) is 121 cm³/mol. The molecule has 0 aliphatic carbocycles. The largest absolute Gasteiger partial charge is 0.497 e. The van der Waals surface area contributed by atoms with Crippen molar-refractivity contribution < 1.29 is 23.7 Å². The van der Waals surface area contributed by atoms with Gasteiger partial charge in [0.2, 0.25) is 10.7 Å². The Labute approximate surface area is 187 Å².